The molecule has 0 radical (unpaired) electrons. The summed E-state index contributed by atoms with van der Waals surface area (Å²) in [6.45, 7) is 11.2. The van der Waals surface area contributed by atoms with E-state index in [0.29, 0.717) is 23.6 Å². The predicted octanol–water partition coefficient (Wildman–Crippen LogP) is 3.27. The van der Waals surface area contributed by atoms with E-state index < -0.39 is 10.0 Å². The van der Waals surface area contributed by atoms with Gasteiger partial charge in [0, 0.05) is 23.6 Å². The molecule has 0 aliphatic carbocycles. The zero-order valence-electron chi connectivity index (χ0n) is 13.3. The van der Waals surface area contributed by atoms with E-state index >= 15 is 0 Å². The molecule has 1 aromatic rings. The summed E-state index contributed by atoms with van der Waals surface area (Å²) in [5.41, 5.74) is 0.950. The standard InChI is InChI=1S/C15H25BrN2O2S/c1-11(2)17-9-12-6-7-14(13(16)8-12)21(19,20)18-10-15(3,4)5/h6-8,11,17-18H,9-10H2,1-5H3. The van der Waals surface area contributed by atoms with E-state index in [9.17, 15) is 8.42 Å². The highest BCUT2D eigenvalue weighted by Gasteiger charge is 2.20. The molecule has 6 heteroatoms. The molecule has 1 rings (SSSR count). The maximum Gasteiger partial charge on any atom is 0.241 e. The van der Waals surface area contributed by atoms with Crippen molar-refractivity contribution in [2.75, 3.05) is 6.54 Å². The Kier molecular flexibility index (Phi) is 6.40. The summed E-state index contributed by atoms with van der Waals surface area (Å²) in [5, 5.41) is 3.31. The first-order valence-electron chi connectivity index (χ1n) is 7.03. The molecule has 0 aliphatic heterocycles. The van der Waals surface area contributed by atoms with Crippen LogP contribution in [-0.2, 0) is 16.6 Å². The minimum Gasteiger partial charge on any atom is -0.310 e. The summed E-state index contributed by atoms with van der Waals surface area (Å²) in [4.78, 5) is 0.278. The molecule has 1 aromatic carbocycles. The van der Waals surface area contributed by atoms with Crippen molar-refractivity contribution in [1.29, 1.82) is 0 Å². The summed E-state index contributed by atoms with van der Waals surface area (Å²) < 4.78 is 27.9. The highest BCUT2D eigenvalue weighted by atomic mass is 79.9. The Morgan fingerprint density at radius 2 is 1.86 bits per heavy atom. The number of halogens is 1. The predicted molar refractivity (Wildman–Crippen MR) is 90.8 cm³/mol. The van der Waals surface area contributed by atoms with Gasteiger partial charge < -0.3 is 5.32 Å². The number of benzene rings is 1. The minimum absolute atomic E-state index is 0.0966. The fourth-order valence-electron chi connectivity index (χ4n) is 1.58. The van der Waals surface area contributed by atoms with Gasteiger partial charge in [-0.25, -0.2) is 13.1 Å². The smallest absolute Gasteiger partial charge is 0.241 e. The molecule has 120 valence electrons. The zero-order valence-corrected chi connectivity index (χ0v) is 15.7. The number of rotatable bonds is 6. The van der Waals surface area contributed by atoms with Gasteiger partial charge in [-0.3, -0.25) is 0 Å². The van der Waals surface area contributed by atoms with Gasteiger partial charge in [-0.1, -0.05) is 40.7 Å². The molecular formula is C15H25BrN2O2S. The van der Waals surface area contributed by atoms with E-state index in [2.05, 4.69) is 39.8 Å². The van der Waals surface area contributed by atoms with Crippen molar-refractivity contribution in [3.05, 3.63) is 28.2 Å². The van der Waals surface area contributed by atoms with Gasteiger partial charge in [0.2, 0.25) is 10.0 Å². The highest BCUT2D eigenvalue weighted by Crippen LogP contribution is 2.24. The number of sulfonamides is 1. The molecule has 0 aromatic heterocycles. The minimum atomic E-state index is -3.49. The van der Waals surface area contributed by atoms with Crippen molar-refractivity contribution in [3.8, 4) is 0 Å². The molecule has 0 fully saturated rings. The SMILES string of the molecule is CC(C)NCc1ccc(S(=O)(=O)NCC(C)(C)C)c(Br)c1. The largest absolute Gasteiger partial charge is 0.310 e. The van der Waals surface area contributed by atoms with Gasteiger partial charge in [0.05, 0.1) is 4.90 Å². The fourth-order valence-corrected chi connectivity index (χ4v) is 3.99. The van der Waals surface area contributed by atoms with Gasteiger partial charge in [-0.2, -0.15) is 0 Å². The Bertz CT molecular complexity index is 578. The van der Waals surface area contributed by atoms with Crippen molar-refractivity contribution in [2.24, 2.45) is 5.41 Å². The molecule has 0 amide bonds. The first kappa shape index (κ1) is 18.6. The van der Waals surface area contributed by atoms with Gasteiger partial charge in [0.25, 0.3) is 0 Å². The lowest BCUT2D eigenvalue weighted by Gasteiger charge is -2.19. The molecule has 4 nitrogen and oxygen atoms in total. The van der Waals surface area contributed by atoms with E-state index in [0.717, 1.165) is 5.56 Å². The van der Waals surface area contributed by atoms with E-state index in [1.165, 1.54) is 0 Å². The van der Waals surface area contributed by atoms with Crippen LogP contribution in [0, 0.1) is 5.41 Å². The molecular weight excluding hydrogens is 352 g/mol. The Hall–Kier alpha value is -0.430. The van der Waals surface area contributed by atoms with E-state index in [4.69, 9.17) is 0 Å². The van der Waals surface area contributed by atoms with Crippen LogP contribution in [0.4, 0.5) is 0 Å². The average Bonchev–Trinajstić information content (AvgIpc) is 2.33. The molecule has 0 unspecified atom stereocenters. The van der Waals surface area contributed by atoms with E-state index in [1.807, 2.05) is 32.9 Å². The normalized spacial score (nSPS) is 12.9. The third-order valence-electron chi connectivity index (χ3n) is 2.79. The third-order valence-corrected chi connectivity index (χ3v) is 5.17. The van der Waals surface area contributed by atoms with Crippen molar-refractivity contribution >= 4 is 26.0 Å². The first-order chi connectivity index (χ1) is 9.51. The van der Waals surface area contributed by atoms with Gasteiger partial charge in [-0.05, 0) is 39.0 Å². The second-order valence-electron chi connectivity index (χ2n) is 6.69. The second kappa shape index (κ2) is 7.22. The third kappa shape index (κ3) is 6.46. The summed E-state index contributed by atoms with van der Waals surface area (Å²) in [7, 11) is -3.49. The number of nitrogens with one attached hydrogen (secondary N) is 2. The van der Waals surface area contributed by atoms with Crippen molar-refractivity contribution in [2.45, 2.75) is 52.1 Å². The van der Waals surface area contributed by atoms with Gasteiger partial charge >= 0.3 is 0 Å². The molecule has 0 saturated carbocycles. The Balaban J connectivity index is 2.88. The lowest BCUT2D eigenvalue weighted by Crippen LogP contribution is -2.32. The van der Waals surface area contributed by atoms with E-state index in [-0.39, 0.29) is 10.3 Å². The van der Waals surface area contributed by atoms with Gasteiger partial charge in [0.1, 0.15) is 0 Å². The molecule has 0 saturated heterocycles. The molecule has 0 atom stereocenters. The Morgan fingerprint density at radius 1 is 1.24 bits per heavy atom. The first-order valence-corrected chi connectivity index (χ1v) is 9.30. The summed E-state index contributed by atoms with van der Waals surface area (Å²) in [6.07, 6.45) is 0. The molecule has 0 bridgehead atoms. The molecule has 21 heavy (non-hydrogen) atoms. The molecule has 2 N–H and O–H groups in total. The van der Waals surface area contributed by atoms with Crippen molar-refractivity contribution < 1.29 is 8.42 Å². The maximum atomic E-state index is 12.3. The number of hydrogen-bond donors (Lipinski definition) is 2. The van der Waals surface area contributed by atoms with Crippen LogP contribution >= 0.6 is 15.9 Å². The Labute approximate surface area is 136 Å². The molecule has 0 spiro atoms. The zero-order chi connectivity index (χ0) is 16.3. The van der Waals surface area contributed by atoms with Crippen LogP contribution in [-0.4, -0.2) is 21.0 Å². The van der Waals surface area contributed by atoms with Crippen LogP contribution in [0.5, 0.6) is 0 Å². The average molecular weight is 377 g/mol. The van der Waals surface area contributed by atoms with Crippen LogP contribution in [0.25, 0.3) is 0 Å². The number of hydrogen-bond acceptors (Lipinski definition) is 3. The van der Waals surface area contributed by atoms with Crippen LogP contribution in [0.3, 0.4) is 0 Å². The second-order valence-corrected chi connectivity index (χ2v) is 9.28. The van der Waals surface area contributed by atoms with Crippen LogP contribution in [0.15, 0.2) is 27.6 Å². The lowest BCUT2D eigenvalue weighted by molar-refractivity contribution is 0.407. The monoisotopic (exact) mass is 376 g/mol. The fraction of sp³-hybridized carbons (Fsp3) is 0.600. The van der Waals surface area contributed by atoms with Crippen LogP contribution in [0.1, 0.15) is 40.2 Å². The van der Waals surface area contributed by atoms with Crippen LogP contribution < -0.4 is 10.0 Å². The molecule has 0 aliphatic rings. The van der Waals surface area contributed by atoms with Crippen molar-refractivity contribution in [3.63, 3.8) is 0 Å². The van der Waals surface area contributed by atoms with Crippen molar-refractivity contribution in [1.82, 2.24) is 10.0 Å². The maximum absolute atomic E-state index is 12.3. The summed E-state index contributed by atoms with van der Waals surface area (Å²) in [5.74, 6) is 0. The Morgan fingerprint density at radius 3 is 2.33 bits per heavy atom. The van der Waals surface area contributed by atoms with Crippen LogP contribution in [0.2, 0.25) is 0 Å². The summed E-state index contributed by atoms with van der Waals surface area (Å²) >= 11 is 3.36. The summed E-state index contributed by atoms with van der Waals surface area (Å²) in [6, 6.07) is 5.72. The van der Waals surface area contributed by atoms with E-state index in [1.54, 1.807) is 6.07 Å². The quantitative estimate of drug-likeness (QED) is 0.800. The molecule has 0 heterocycles. The van der Waals surface area contributed by atoms with Gasteiger partial charge in [0.15, 0.2) is 0 Å². The topological polar surface area (TPSA) is 58.2 Å². The lowest BCUT2D eigenvalue weighted by atomic mass is 9.98. The highest BCUT2D eigenvalue weighted by molar-refractivity contribution is 9.10. The van der Waals surface area contributed by atoms with Gasteiger partial charge in [-0.15, -0.1) is 0 Å².